The number of halogens is 2. The number of benzene rings is 1. The van der Waals surface area contributed by atoms with Crippen LogP contribution < -0.4 is 5.73 Å². The van der Waals surface area contributed by atoms with Gasteiger partial charge in [0.1, 0.15) is 0 Å². The first-order chi connectivity index (χ1) is 12.8. The molecular weight excluding hydrogens is 437 g/mol. The highest BCUT2D eigenvalue weighted by Crippen LogP contribution is 2.10. The summed E-state index contributed by atoms with van der Waals surface area (Å²) < 4.78 is 26.5. The average Bonchev–Trinajstić information content (AvgIpc) is 3.08. The minimum atomic E-state index is -3.22. The number of aromatic nitrogens is 2. The summed E-state index contributed by atoms with van der Waals surface area (Å²) >= 11 is 0. The molecule has 1 aliphatic rings. The van der Waals surface area contributed by atoms with E-state index < -0.39 is 16.1 Å². The lowest BCUT2D eigenvalue weighted by molar-refractivity contribution is -0.133. The van der Waals surface area contributed by atoms with Gasteiger partial charge in [0.2, 0.25) is 15.9 Å². The number of rotatable bonds is 6. The van der Waals surface area contributed by atoms with Gasteiger partial charge in [-0.05, 0) is 5.56 Å². The van der Waals surface area contributed by atoms with Crippen LogP contribution in [0.5, 0.6) is 0 Å². The van der Waals surface area contributed by atoms with Crippen molar-refractivity contribution in [2.75, 3.05) is 32.4 Å². The quantitative estimate of drug-likeness (QED) is 0.680. The number of sulfonamides is 1. The maximum atomic E-state index is 12.6. The summed E-state index contributed by atoms with van der Waals surface area (Å²) in [5, 5.41) is 0. The maximum Gasteiger partial charge on any atom is 0.239 e. The lowest BCUT2D eigenvalue weighted by Gasteiger charge is -2.34. The molecule has 0 unspecified atom stereocenters. The highest BCUT2D eigenvalue weighted by molar-refractivity contribution is 7.88. The first-order valence-corrected chi connectivity index (χ1v) is 10.7. The lowest BCUT2D eigenvalue weighted by Crippen LogP contribution is -2.54. The minimum absolute atomic E-state index is 0. The van der Waals surface area contributed by atoms with Crippen LogP contribution in [0.25, 0.3) is 0 Å². The molecular formula is C18H27Cl2N5O3S. The Kier molecular flexibility index (Phi) is 9.57. The molecule has 29 heavy (non-hydrogen) atoms. The molecule has 1 aromatic heterocycles. The van der Waals surface area contributed by atoms with Crippen molar-refractivity contribution >= 4 is 40.7 Å². The van der Waals surface area contributed by atoms with E-state index in [1.165, 1.54) is 16.1 Å². The van der Waals surface area contributed by atoms with Crippen molar-refractivity contribution in [1.82, 2.24) is 18.8 Å². The summed E-state index contributed by atoms with van der Waals surface area (Å²) in [6.45, 7) is 2.06. The molecule has 0 spiro atoms. The molecule has 11 heteroatoms. The third kappa shape index (κ3) is 6.97. The Morgan fingerprint density at radius 3 is 2.34 bits per heavy atom. The van der Waals surface area contributed by atoms with Gasteiger partial charge in [-0.2, -0.15) is 4.31 Å². The highest BCUT2D eigenvalue weighted by atomic mass is 35.5. The molecule has 0 aliphatic carbocycles. The van der Waals surface area contributed by atoms with E-state index in [4.69, 9.17) is 5.73 Å². The van der Waals surface area contributed by atoms with Crippen LogP contribution in [-0.4, -0.2) is 71.6 Å². The van der Waals surface area contributed by atoms with Gasteiger partial charge in [0.15, 0.2) is 0 Å². The Morgan fingerprint density at radius 1 is 1.14 bits per heavy atom. The second-order valence-corrected chi connectivity index (χ2v) is 8.80. The number of carbonyl (C=O) groups is 1. The zero-order valence-electron chi connectivity index (χ0n) is 16.2. The van der Waals surface area contributed by atoms with Gasteiger partial charge < -0.3 is 15.2 Å². The molecule has 1 atom stereocenters. The molecule has 3 rings (SSSR count). The number of hydrogen-bond acceptors (Lipinski definition) is 5. The zero-order valence-corrected chi connectivity index (χ0v) is 18.6. The van der Waals surface area contributed by atoms with Crippen LogP contribution in [0.4, 0.5) is 0 Å². The fourth-order valence-electron chi connectivity index (χ4n) is 3.18. The molecule has 1 aromatic carbocycles. The fraction of sp³-hybridized carbons (Fsp3) is 0.444. The number of piperazine rings is 1. The van der Waals surface area contributed by atoms with Crippen molar-refractivity contribution in [3.05, 3.63) is 54.1 Å². The van der Waals surface area contributed by atoms with E-state index in [0.717, 1.165) is 5.69 Å². The van der Waals surface area contributed by atoms with Gasteiger partial charge in [0.05, 0.1) is 24.3 Å². The van der Waals surface area contributed by atoms with Gasteiger partial charge in [-0.15, -0.1) is 24.8 Å². The average molecular weight is 464 g/mol. The molecule has 1 aliphatic heterocycles. The highest BCUT2D eigenvalue weighted by Gasteiger charge is 2.28. The van der Waals surface area contributed by atoms with Crippen molar-refractivity contribution in [2.24, 2.45) is 5.73 Å². The van der Waals surface area contributed by atoms with Crippen LogP contribution in [0.15, 0.2) is 42.9 Å². The van der Waals surface area contributed by atoms with Crippen molar-refractivity contribution in [2.45, 2.75) is 19.0 Å². The van der Waals surface area contributed by atoms with E-state index in [9.17, 15) is 13.2 Å². The Bertz CT molecular complexity index is 884. The summed E-state index contributed by atoms with van der Waals surface area (Å²) in [5.41, 5.74) is 8.03. The SMILES string of the molecule is CS(=O)(=O)N1CCN(C(=O)[C@@H](N)Cc2cn(Cc3ccccc3)cn2)CC1.Cl.Cl. The lowest BCUT2D eigenvalue weighted by atomic mass is 10.1. The predicted octanol–water partition coefficient (Wildman–Crippen LogP) is 0.749. The number of imidazole rings is 1. The topological polar surface area (TPSA) is 102 Å². The first-order valence-electron chi connectivity index (χ1n) is 8.87. The van der Waals surface area contributed by atoms with Gasteiger partial charge in [-0.1, -0.05) is 30.3 Å². The summed E-state index contributed by atoms with van der Waals surface area (Å²) in [7, 11) is -3.22. The van der Waals surface area contributed by atoms with Crippen molar-refractivity contribution < 1.29 is 13.2 Å². The minimum Gasteiger partial charge on any atom is -0.339 e. The molecule has 0 saturated carbocycles. The number of nitrogens with zero attached hydrogens (tertiary/aromatic N) is 4. The normalized spacial score (nSPS) is 15.9. The van der Waals surface area contributed by atoms with E-state index in [-0.39, 0.29) is 30.7 Å². The summed E-state index contributed by atoms with van der Waals surface area (Å²) in [6, 6.07) is 9.37. The number of nitrogens with two attached hydrogens (primary N) is 1. The molecule has 0 bridgehead atoms. The van der Waals surface area contributed by atoms with Crippen LogP contribution >= 0.6 is 24.8 Å². The molecule has 162 valence electrons. The second-order valence-electron chi connectivity index (χ2n) is 6.82. The maximum absolute atomic E-state index is 12.6. The van der Waals surface area contributed by atoms with Crippen LogP contribution in [-0.2, 0) is 27.8 Å². The number of carbonyl (C=O) groups excluding carboxylic acids is 1. The van der Waals surface area contributed by atoms with Crippen molar-refractivity contribution in [3.8, 4) is 0 Å². The Balaban J connectivity index is 0.00000210. The summed E-state index contributed by atoms with van der Waals surface area (Å²) in [5.74, 6) is -0.166. The molecule has 2 heterocycles. The van der Waals surface area contributed by atoms with Gasteiger partial charge in [-0.25, -0.2) is 13.4 Å². The van der Waals surface area contributed by atoms with Crippen molar-refractivity contribution in [3.63, 3.8) is 0 Å². The zero-order chi connectivity index (χ0) is 19.4. The van der Waals surface area contributed by atoms with Crippen LogP contribution in [0, 0.1) is 0 Å². The van der Waals surface area contributed by atoms with E-state index in [1.54, 1.807) is 11.2 Å². The molecule has 2 N–H and O–H groups in total. The smallest absolute Gasteiger partial charge is 0.239 e. The van der Waals surface area contributed by atoms with E-state index >= 15 is 0 Å². The van der Waals surface area contributed by atoms with E-state index in [1.807, 2.05) is 41.1 Å². The standard InChI is InChI=1S/C18H25N5O3S.2ClH/c1-27(25,26)23-9-7-22(8-10-23)18(24)17(19)11-16-13-21(14-20-16)12-15-5-3-2-4-6-15;;/h2-6,13-14,17H,7-12,19H2,1H3;2*1H/t17-;;/m0../s1. The molecule has 1 saturated heterocycles. The van der Waals surface area contributed by atoms with Crippen LogP contribution in [0.3, 0.4) is 0 Å². The van der Waals surface area contributed by atoms with Crippen LogP contribution in [0.1, 0.15) is 11.3 Å². The molecule has 1 amide bonds. The van der Waals surface area contributed by atoms with Gasteiger partial charge >= 0.3 is 0 Å². The Hall–Kier alpha value is -1.65. The van der Waals surface area contributed by atoms with E-state index in [2.05, 4.69) is 4.98 Å². The van der Waals surface area contributed by atoms with Crippen molar-refractivity contribution in [1.29, 1.82) is 0 Å². The molecule has 8 nitrogen and oxygen atoms in total. The number of amides is 1. The van der Waals surface area contributed by atoms with Crippen LogP contribution in [0.2, 0.25) is 0 Å². The fourth-order valence-corrected chi connectivity index (χ4v) is 4.01. The molecule has 2 aromatic rings. The number of hydrogen-bond donors (Lipinski definition) is 1. The Labute approximate surface area is 183 Å². The Morgan fingerprint density at radius 2 is 1.76 bits per heavy atom. The van der Waals surface area contributed by atoms with Gasteiger partial charge in [0, 0.05) is 45.3 Å². The largest absolute Gasteiger partial charge is 0.339 e. The monoisotopic (exact) mass is 463 g/mol. The summed E-state index contributed by atoms with van der Waals surface area (Å²) in [6.07, 6.45) is 5.18. The second kappa shape index (κ2) is 10.9. The predicted molar refractivity (Wildman–Crippen MR) is 117 cm³/mol. The molecule has 0 radical (unpaired) electrons. The third-order valence-corrected chi connectivity index (χ3v) is 5.96. The molecule has 1 fully saturated rings. The first kappa shape index (κ1) is 25.4. The third-order valence-electron chi connectivity index (χ3n) is 4.66. The van der Waals surface area contributed by atoms with E-state index in [0.29, 0.717) is 39.1 Å². The van der Waals surface area contributed by atoms with Gasteiger partial charge in [-0.3, -0.25) is 4.79 Å². The summed E-state index contributed by atoms with van der Waals surface area (Å²) in [4.78, 5) is 18.5. The van der Waals surface area contributed by atoms with Gasteiger partial charge in [0.25, 0.3) is 0 Å².